The minimum absolute atomic E-state index is 0.0258. The van der Waals surface area contributed by atoms with E-state index in [0.717, 1.165) is 26.6 Å². The van der Waals surface area contributed by atoms with Gasteiger partial charge in [0.05, 0.1) is 17.7 Å². The molecule has 0 aliphatic carbocycles. The minimum atomic E-state index is -0.0416. The predicted molar refractivity (Wildman–Crippen MR) is 139 cm³/mol. The van der Waals surface area contributed by atoms with Crippen LogP contribution in [0.1, 0.15) is 27.0 Å². The highest BCUT2D eigenvalue weighted by Crippen LogP contribution is 2.33. The largest absolute Gasteiger partial charge is 0.336 e. The molecule has 7 heteroatoms. The SMILES string of the molecule is Cc1cccc(C)c1NC(=O)CN1CCN(C(=O)c2ccccc2Sc2ccccc2C#N)CC1. The van der Waals surface area contributed by atoms with Gasteiger partial charge in [0.15, 0.2) is 0 Å². The number of piperazine rings is 1. The van der Waals surface area contributed by atoms with Crippen LogP contribution in [0.3, 0.4) is 0 Å². The third-order valence-corrected chi connectivity index (χ3v) is 7.27. The van der Waals surface area contributed by atoms with Gasteiger partial charge in [-0.15, -0.1) is 0 Å². The van der Waals surface area contributed by atoms with Crippen LogP contribution in [0.15, 0.2) is 76.5 Å². The molecule has 0 spiro atoms. The van der Waals surface area contributed by atoms with Gasteiger partial charge in [0.25, 0.3) is 5.91 Å². The highest BCUT2D eigenvalue weighted by molar-refractivity contribution is 7.99. The number of nitrogens with zero attached hydrogens (tertiary/aromatic N) is 3. The Balaban J connectivity index is 1.37. The van der Waals surface area contributed by atoms with Crippen LogP contribution < -0.4 is 5.32 Å². The lowest BCUT2D eigenvalue weighted by atomic mass is 10.1. The average Bonchev–Trinajstić information content (AvgIpc) is 2.87. The Morgan fingerprint density at radius 1 is 0.886 bits per heavy atom. The molecule has 0 aromatic heterocycles. The second-order valence-corrected chi connectivity index (χ2v) is 9.67. The Bertz CT molecular complexity index is 1260. The van der Waals surface area contributed by atoms with Crippen molar-refractivity contribution in [2.45, 2.75) is 23.6 Å². The molecule has 6 nitrogen and oxygen atoms in total. The molecule has 1 N–H and O–H groups in total. The molecule has 0 unspecified atom stereocenters. The van der Waals surface area contributed by atoms with Crippen LogP contribution in [-0.2, 0) is 4.79 Å². The van der Waals surface area contributed by atoms with E-state index in [-0.39, 0.29) is 11.8 Å². The van der Waals surface area contributed by atoms with Crippen molar-refractivity contribution in [3.05, 3.63) is 89.0 Å². The van der Waals surface area contributed by atoms with Crippen LogP contribution in [0.4, 0.5) is 5.69 Å². The number of para-hydroxylation sites is 1. The molecule has 178 valence electrons. The summed E-state index contributed by atoms with van der Waals surface area (Å²) in [6, 6.07) is 23.1. The summed E-state index contributed by atoms with van der Waals surface area (Å²) in [5.74, 6) is -0.0674. The standard InChI is InChI=1S/C28H28N4O2S/c1-20-8-7-9-21(2)27(20)30-26(33)19-31-14-16-32(17-15-31)28(34)23-11-4-6-13-25(23)35-24-12-5-3-10-22(24)18-29/h3-13H,14-17,19H2,1-2H3,(H,30,33). The van der Waals surface area contributed by atoms with E-state index in [1.807, 2.05) is 79.4 Å². The van der Waals surface area contributed by atoms with Crippen LogP contribution in [0.5, 0.6) is 0 Å². The van der Waals surface area contributed by atoms with E-state index in [1.54, 1.807) is 6.07 Å². The van der Waals surface area contributed by atoms with E-state index in [9.17, 15) is 14.9 Å². The minimum Gasteiger partial charge on any atom is -0.336 e. The number of hydrogen-bond acceptors (Lipinski definition) is 5. The lowest BCUT2D eigenvalue weighted by Gasteiger charge is -2.34. The van der Waals surface area contributed by atoms with Gasteiger partial charge in [-0.25, -0.2) is 0 Å². The first-order valence-electron chi connectivity index (χ1n) is 11.6. The summed E-state index contributed by atoms with van der Waals surface area (Å²) in [6.45, 7) is 6.67. The molecule has 1 fully saturated rings. The first kappa shape index (κ1) is 24.5. The van der Waals surface area contributed by atoms with Gasteiger partial charge in [-0.3, -0.25) is 14.5 Å². The van der Waals surface area contributed by atoms with E-state index in [2.05, 4.69) is 16.3 Å². The van der Waals surface area contributed by atoms with Gasteiger partial charge < -0.3 is 10.2 Å². The van der Waals surface area contributed by atoms with Gasteiger partial charge in [0, 0.05) is 41.7 Å². The molecule has 3 aromatic carbocycles. The van der Waals surface area contributed by atoms with Gasteiger partial charge in [0.2, 0.25) is 5.91 Å². The predicted octanol–water partition coefficient (Wildman–Crippen LogP) is 4.72. The Labute approximate surface area is 210 Å². The number of hydrogen-bond donors (Lipinski definition) is 1. The zero-order valence-corrected chi connectivity index (χ0v) is 20.8. The van der Waals surface area contributed by atoms with Crippen molar-refractivity contribution in [2.75, 3.05) is 38.0 Å². The van der Waals surface area contributed by atoms with Gasteiger partial charge in [-0.1, -0.05) is 54.2 Å². The molecule has 0 saturated carbocycles. The average molecular weight is 485 g/mol. The Morgan fingerprint density at radius 3 is 2.20 bits per heavy atom. The summed E-state index contributed by atoms with van der Waals surface area (Å²) >= 11 is 1.44. The number of aryl methyl sites for hydroxylation is 2. The van der Waals surface area contributed by atoms with Gasteiger partial charge >= 0.3 is 0 Å². The van der Waals surface area contributed by atoms with Crippen LogP contribution in [0.25, 0.3) is 0 Å². The monoisotopic (exact) mass is 484 g/mol. The molecule has 3 aromatic rings. The maximum Gasteiger partial charge on any atom is 0.255 e. The molecule has 0 radical (unpaired) electrons. The van der Waals surface area contributed by atoms with Crippen molar-refractivity contribution >= 4 is 29.3 Å². The molecule has 0 atom stereocenters. The molecule has 4 rings (SSSR count). The van der Waals surface area contributed by atoms with Crippen molar-refractivity contribution in [3.8, 4) is 6.07 Å². The van der Waals surface area contributed by atoms with Gasteiger partial charge in [0.1, 0.15) is 6.07 Å². The number of anilines is 1. The number of amides is 2. The van der Waals surface area contributed by atoms with E-state index in [4.69, 9.17) is 0 Å². The second-order valence-electron chi connectivity index (χ2n) is 8.59. The van der Waals surface area contributed by atoms with Gasteiger partial charge in [-0.05, 0) is 49.2 Å². The topological polar surface area (TPSA) is 76.4 Å². The van der Waals surface area contributed by atoms with Crippen molar-refractivity contribution in [1.82, 2.24) is 9.80 Å². The zero-order chi connectivity index (χ0) is 24.8. The molecular weight excluding hydrogens is 456 g/mol. The molecule has 1 aliphatic heterocycles. The number of benzene rings is 3. The number of carbonyl (C=O) groups excluding carboxylic acids is 2. The second kappa shape index (κ2) is 11.2. The molecule has 2 amide bonds. The summed E-state index contributed by atoms with van der Waals surface area (Å²) < 4.78 is 0. The molecule has 35 heavy (non-hydrogen) atoms. The Hall–Kier alpha value is -3.60. The molecule has 0 bridgehead atoms. The van der Waals surface area contributed by atoms with Crippen molar-refractivity contribution in [3.63, 3.8) is 0 Å². The fourth-order valence-corrected chi connectivity index (χ4v) is 5.19. The summed E-state index contributed by atoms with van der Waals surface area (Å²) in [5, 5.41) is 12.4. The summed E-state index contributed by atoms with van der Waals surface area (Å²) in [4.78, 5) is 31.6. The summed E-state index contributed by atoms with van der Waals surface area (Å²) in [6.07, 6.45) is 0. The fourth-order valence-electron chi connectivity index (χ4n) is 4.17. The number of nitrogens with one attached hydrogen (secondary N) is 1. The van der Waals surface area contributed by atoms with Crippen LogP contribution in [0.2, 0.25) is 0 Å². The van der Waals surface area contributed by atoms with Crippen LogP contribution in [-0.4, -0.2) is 54.3 Å². The van der Waals surface area contributed by atoms with Crippen molar-refractivity contribution in [2.24, 2.45) is 0 Å². The first-order valence-corrected chi connectivity index (χ1v) is 12.4. The van der Waals surface area contributed by atoms with Crippen LogP contribution in [0, 0.1) is 25.2 Å². The van der Waals surface area contributed by atoms with E-state index >= 15 is 0 Å². The van der Waals surface area contributed by atoms with Crippen LogP contribution >= 0.6 is 11.8 Å². The third-order valence-electron chi connectivity index (χ3n) is 6.12. The Kier molecular flexibility index (Phi) is 7.86. The lowest BCUT2D eigenvalue weighted by Crippen LogP contribution is -2.50. The number of nitriles is 1. The number of carbonyl (C=O) groups is 2. The zero-order valence-electron chi connectivity index (χ0n) is 20.0. The molecule has 1 aliphatic rings. The smallest absolute Gasteiger partial charge is 0.255 e. The molecule has 1 saturated heterocycles. The first-order chi connectivity index (χ1) is 17.0. The van der Waals surface area contributed by atoms with E-state index in [1.165, 1.54) is 11.8 Å². The Morgan fingerprint density at radius 2 is 1.51 bits per heavy atom. The quantitative estimate of drug-likeness (QED) is 0.548. The van der Waals surface area contributed by atoms with Crippen molar-refractivity contribution in [1.29, 1.82) is 5.26 Å². The summed E-state index contributed by atoms with van der Waals surface area (Å²) in [5.41, 5.74) is 4.18. The normalized spacial score (nSPS) is 13.8. The van der Waals surface area contributed by atoms with Crippen molar-refractivity contribution < 1.29 is 9.59 Å². The highest BCUT2D eigenvalue weighted by Gasteiger charge is 2.25. The molecule has 1 heterocycles. The third kappa shape index (κ3) is 5.91. The lowest BCUT2D eigenvalue weighted by molar-refractivity contribution is -0.117. The fraction of sp³-hybridized carbons (Fsp3) is 0.250. The maximum absolute atomic E-state index is 13.4. The molecular formula is C28H28N4O2S. The van der Waals surface area contributed by atoms with Gasteiger partial charge in [-0.2, -0.15) is 5.26 Å². The summed E-state index contributed by atoms with van der Waals surface area (Å²) in [7, 11) is 0. The van der Waals surface area contributed by atoms with E-state index in [0.29, 0.717) is 43.9 Å². The maximum atomic E-state index is 13.4. The number of rotatable bonds is 6. The highest BCUT2D eigenvalue weighted by atomic mass is 32.2. The van der Waals surface area contributed by atoms with E-state index < -0.39 is 0 Å².